The van der Waals surface area contributed by atoms with Crippen LogP contribution >= 0.6 is 11.6 Å². The van der Waals surface area contributed by atoms with Crippen LogP contribution in [-0.2, 0) is 4.79 Å². The van der Waals surface area contributed by atoms with Crippen LogP contribution in [0, 0.1) is 10.1 Å². The molecule has 2 N–H and O–H groups in total. The summed E-state index contributed by atoms with van der Waals surface area (Å²) in [6.45, 7) is 1.54. The van der Waals surface area contributed by atoms with Gasteiger partial charge in [-0.05, 0) is 31.2 Å². The summed E-state index contributed by atoms with van der Waals surface area (Å²) < 4.78 is 5.15. The molecule has 10 heteroatoms. The summed E-state index contributed by atoms with van der Waals surface area (Å²) in [5.41, 5.74) is 2.45. The van der Waals surface area contributed by atoms with E-state index in [9.17, 15) is 19.7 Å². The number of rotatable bonds is 7. The molecule has 0 aromatic heterocycles. The van der Waals surface area contributed by atoms with E-state index in [0.29, 0.717) is 22.2 Å². The number of hydrogen-bond acceptors (Lipinski definition) is 6. The summed E-state index contributed by atoms with van der Waals surface area (Å²) in [6, 6.07) is 10.3. The topological polar surface area (TPSA) is 123 Å². The number of carbonyl (C=O) groups is 2. The molecule has 2 amide bonds. The number of para-hydroxylation sites is 1. The molecule has 2 aromatic carbocycles. The number of hydrogen-bond donors (Lipinski definition) is 2. The molecule has 28 heavy (non-hydrogen) atoms. The van der Waals surface area contributed by atoms with E-state index < -0.39 is 16.7 Å². The molecule has 0 saturated heterocycles. The highest BCUT2D eigenvalue weighted by Gasteiger charge is 2.19. The number of ether oxygens (including phenoxy) is 1. The third kappa shape index (κ3) is 5.52. The fourth-order valence-electron chi connectivity index (χ4n) is 2.28. The summed E-state index contributed by atoms with van der Waals surface area (Å²) in [7, 11) is 1.46. The van der Waals surface area contributed by atoms with Gasteiger partial charge in [0.25, 0.3) is 11.6 Å². The third-order valence-corrected chi connectivity index (χ3v) is 3.78. The minimum atomic E-state index is -0.747. The molecule has 2 rings (SSSR count). The van der Waals surface area contributed by atoms with E-state index in [-0.39, 0.29) is 17.7 Å². The van der Waals surface area contributed by atoms with Gasteiger partial charge in [-0.2, -0.15) is 5.10 Å². The van der Waals surface area contributed by atoms with Gasteiger partial charge in [0, 0.05) is 16.8 Å². The van der Waals surface area contributed by atoms with Crippen molar-refractivity contribution in [1.29, 1.82) is 0 Å². The van der Waals surface area contributed by atoms with E-state index in [0.717, 1.165) is 0 Å². The van der Waals surface area contributed by atoms with Gasteiger partial charge in [0.2, 0.25) is 5.91 Å². The Morgan fingerprint density at radius 2 is 1.96 bits per heavy atom. The highest BCUT2D eigenvalue weighted by molar-refractivity contribution is 6.31. The highest BCUT2D eigenvalue weighted by Crippen LogP contribution is 2.27. The predicted octanol–water partition coefficient (Wildman–Crippen LogP) is 3.39. The largest absolute Gasteiger partial charge is 0.495 e. The lowest BCUT2D eigenvalue weighted by molar-refractivity contribution is -0.385. The normalized spacial score (nSPS) is 10.9. The van der Waals surface area contributed by atoms with Crippen LogP contribution in [0.5, 0.6) is 5.75 Å². The molecule has 9 nitrogen and oxygen atoms in total. The Morgan fingerprint density at radius 3 is 2.64 bits per heavy atom. The number of benzene rings is 2. The molecule has 2 aromatic rings. The number of carbonyl (C=O) groups excluding carboxylic acids is 2. The Morgan fingerprint density at radius 1 is 1.25 bits per heavy atom. The van der Waals surface area contributed by atoms with Crippen molar-refractivity contribution >= 4 is 40.5 Å². The summed E-state index contributed by atoms with van der Waals surface area (Å²) in [5, 5.41) is 17.9. The Kier molecular flexibility index (Phi) is 7.05. The standard InChI is InChI=1S/C18H17ClN4O5/c1-11(9-17(24)20-14-10-12(19)7-8-16(14)28-2)21-22-18(25)13-5-3-4-6-15(13)23(26)27/h3-8,10H,9H2,1-2H3,(H,20,24)(H,22,25)/b21-11-. The minimum absolute atomic E-state index is 0.118. The smallest absolute Gasteiger partial charge is 0.282 e. The predicted molar refractivity (Wildman–Crippen MR) is 105 cm³/mol. The maximum atomic E-state index is 12.2. The lowest BCUT2D eigenvalue weighted by Crippen LogP contribution is -2.22. The number of nitro groups is 1. The van der Waals surface area contributed by atoms with Crippen LogP contribution < -0.4 is 15.5 Å². The van der Waals surface area contributed by atoms with Crippen LogP contribution in [0.1, 0.15) is 23.7 Å². The molecule has 0 heterocycles. The first-order valence-electron chi connectivity index (χ1n) is 8.02. The minimum Gasteiger partial charge on any atom is -0.495 e. The summed E-state index contributed by atoms with van der Waals surface area (Å²) in [5.74, 6) is -0.706. The molecule has 146 valence electrons. The number of methoxy groups -OCH3 is 1. The van der Waals surface area contributed by atoms with Gasteiger partial charge in [-0.15, -0.1) is 0 Å². The molecule has 0 aliphatic carbocycles. The maximum absolute atomic E-state index is 12.2. The summed E-state index contributed by atoms with van der Waals surface area (Å²) in [6.07, 6.45) is -0.118. The molecule has 0 spiro atoms. The van der Waals surface area contributed by atoms with E-state index in [4.69, 9.17) is 16.3 Å². The van der Waals surface area contributed by atoms with Gasteiger partial charge in [0.05, 0.1) is 24.1 Å². The van der Waals surface area contributed by atoms with E-state index in [2.05, 4.69) is 15.8 Å². The van der Waals surface area contributed by atoms with Gasteiger partial charge in [0.15, 0.2) is 0 Å². The lowest BCUT2D eigenvalue weighted by atomic mass is 10.2. The third-order valence-electron chi connectivity index (χ3n) is 3.55. The van der Waals surface area contributed by atoms with Crippen LogP contribution in [0.4, 0.5) is 11.4 Å². The second-order valence-corrected chi connectivity index (χ2v) is 6.07. The van der Waals surface area contributed by atoms with Crippen LogP contribution in [0.2, 0.25) is 5.02 Å². The average Bonchev–Trinajstić information content (AvgIpc) is 2.66. The number of amides is 2. The Hall–Kier alpha value is -3.46. The SMILES string of the molecule is COc1ccc(Cl)cc1NC(=O)C/C(C)=N\NC(=O)c1ccccc1[N+](=O)[O-]. The summed E-state index contributed by atoms with van der Waals surface area (Å²) in [4.78, 5) is 34.6. The fourth-order valence-corrected chi connectivity index (χ4v) is 2.45. The first kappa shape index (κ1) is 20.8. The van der Waals surface area contributed by atoms with Crippen LogP contribution in [-0.4, -0.2) is 29.6 Å². The average molecular weight is 405 g/mol. The number of hydrazone groups is 1. The van der Waals surface area contributed by atoms with Crippen molar-refractivity contribution in [3.05, 3.63) is 63.2 Å². The Bertz CT molecular complexity index is 945. The Labute approximate surface area is 165 Å². The molecule has 0 saturated carbocycles. The number of halogens is 1. The van der Waals surface area contributed by atoms with Crippen molar-refractivity contribution in [2.75, 3.05) is 12.4 Å². The van der Waals surface area contributed by atoms with Crippen molar-refractivity contribution in [1.82, 2.24) is 5.43 Å². The van der Waals surface area contributed by atoms with Crippen molar-refractivity contribution in [2.45, 2.75) is 13.3 Å². The number of anilines is 1. The number of nitrogens with one attached hydrogen (secondary N) is 2. The zero-order valence-corrected chi connectivity index (χ0v) is 15.8. The van der Waals surface area contributed by atoms with Gasteiger partial charge in [-0.25, -0.2) is 5.43 Å². The van der Waals surface area contributed by atoms with Crippen molar-refractivity contribution < 1.29 is 19.2 Å². The van der Waals surface area contributed by atoms with E-state index in [1.165, 1.54) is 38.3 Å². The van der Waals surface area contributed by atoms with Crippen LogP contribution in [0.15, 0.2) is 47.6 Å². The number of nitrogens with zero attached hydrogens (tertiary/aromatic N) is 2. The lowest BCUT2D eigenvalue weighted by Gasteiger charge is -2.10. The van der Waals surface area contributed by atoms with Gasteiger partial charge in [-0.1, -0.05) is 23.7 Å². The zero-order valence-electron chi connectivity index (χ0n) is 15.1. The highest BCUT2D eigenvalue weighted by atomic mass is 35.5. The van der Waals surface area contributed by atoms with Crippen LogP contribution in [0.3, 0.4) is 0 Å². The van der Waals surface area contributed by atoms with Crippen molar-refractivity contribution in [3.63, 3.8) is 0 Å². The molecule has 0 atom stereocenters. The Balaban J connectivity index is 2.01. The van der Waals surface area contributed by atoms with Gasteiger partial charge < -0.3 is 10.1 Å². The fraction of sp³-hybridized carbons (Fsp3) is 0.167. The molecule has 0 aliphatic heterocycles. The molecular weight excluding hydrogens is 388 g/mol. The molecule has 0 fully saturated rings. The first-order chi connectivity index (χ1) is 13.3. The van der Waals surface area contributed by atoms with Crippen molar-refractivity contribution in [2.24, 2.45) is 5.10 Å². The maximum Gasteiger partial charge on any atom is 0.282 e. The second-order valence-electron chi connectivity index (χ2n) is 5.63. The summed E-state index contributed by atoms with van der Waals surface area (Å²) >= 11 is 5.91. The quantitative estimate of drug-likeness (QED) is 0.416. The first-order valence-corrected chi connectivity index (χ1v) is 8.40. The van der Waals surface area contributed by atoms with Crippen molar-refractivity contribution in [3.8, 4) is 5.75 Å². The van der Waals surface area contributed by atoms with E-state index >= 15 is 0 Å². The van der Waals surface area contributed by atoms with Gasteiger partial charge in [0.1, 0.15) is 11.3 Å². The molecule has 0 aliphatic rings. The molecule has 0 unspecified atom stereocenters. The molecular formula is C18H17ClN4O5. The van der Waals surface area contributed by atoms with E-state index in [1.807, 2.05) is 0 Å². The molecule has 0 bridgehead atoms. The monoisotopic (exact) mass is 404 g/mol. The van der Waals surface area contributed by atoms with Gasteiger partial charge in [-0.3, -0.25) is 19.7 Å². The number of nitro benzene ring substituents is 1. The van der Waals surface area contributed by atoms with Crippen LogP contribution in [0.25, 0.3) is 0 Å². The molecule has 0 radical (unpaired) electrons. The zero-order chi connectivity index (χ0) is 20.7. The van der Waals surface area contributed by atoms with E-state index in [1.54, 1.807) is 18.2 Å². The second kappa shape index (κ2) is 9.47. The van der Waals surface area contributed by atoms with Gasteiger partial charge >= 0.3 is 0 Å².